The molecule has 0 saturated carbocycles. The van der Waals surface area contributed by atoms with E-state index in [1.54, 1.807) is 28.0 Å². The molecule has 1 atom stereocenters. The number of carbonyl (C=O) groups excluding carboxylic acids is 2. The van der Waals surface area contributed by atoms with Gasteiger partial charge in [0.2, 0.25) is 5.91 Å². The van der Waals surface area contributed by atoms with Crippen LogP contribution in [0.15, 0.2) is 36.9 Å². The van der Waals surface area contributed by atoms with Crippen LogP contribution >= 0.6 is 0 Å². The molecular formula is C16H19N5O2. The van der Waals surface area contributed by atoms with Gasteiger partial charge in [0.25, 0.3) is 5.91 Å². The first-order valence-electron chi connectivity index (χ1n) is 7.67. The van der Waals surface area contributed by atoms with Crippen molar-refractivity contribution in [3.8, 4) is 0 Å². The van der Waals surface area contributed by atoms with Gasteiger partial charge in [0, 0.05) is 30.3 Å². The van der Waals surface area contributed by atoms with Gasteiger partial charge in [-0.3, -0.25) is 14.3 Å². The molecular weight excluding hydrogens is 294 g/mol. The minimum Gasteiger partial charge on any atom is -0.348 e. The van der Waals surface area contributed by atoms with Crippen LogP contribution < -0.4 is 10.2 Å². The van der Waals surface area contributed by atoms with Crippen LogP contribution in [0.1, 0.15) is 30.1 Å². The Morgan fingerprint density at radius 1 is 1.35 bits per heavy atom. The van der Waals surface area contributed by atoms with E-state index in [0.717, 1.165) is 18.7 Å². The van der Waals surface area contributed by atoms with E-state index in [1.807, 2.05) is 19.1 Å². The Hall–Kier alpha value is -2.70. The summed E-state index contributed by atoms with van der Waals surface area (Å²) in [5, 5.41) is 6.94. The fraction of sp³-hybridized carbons (Fsp3) is 0.375. The molecule has 7 nitrogen and oxygen atoms in total. The molecule has 1 saturated heterocycles. The number of aromatic nitrogens is 3. The number of carbonyl (C=O) groups is 2. The summed E-state index contributed by atoms with van der Waals surface area (Å²) in [7, 11) is 0. The standard InChI is InChI=1S/C16H19N5O2/c1-12(9-20-11-17-10-18-20)19-16(23)13-4-6-14(7-5-13)21-8-2-3-15(21)22/h4-7,10-12H,2-3,8-9H2,1H3,(H,19,23)/t12-/m1/s1. The lowest BCUT2D eigenvalue weighted by molar-refractivity contribution is -0.117. The second kappa shape index (κ2) is 6.60. The van der Waals surface area contributed by atoms with E-state index in [9.17, 15) is 9.59 Å². The summed E-state index contributed by atoms with van der Waals surface area (Å²) in [5.41, 5.74) is 1.42. The van der Waals surface area contributed by atoms with Gasteiger partial charge in [-0.25, -0.2) is 4.98 Å². The molecule has 0 unspecified atom stereocenters. The Bertz CT molecular complexity index is 681. The molecule has 1 fully saturated rings. The van der Waals surface area contributed by atoms with Gasteiger partial charge >= 0.3 is 0 Å². The molecule has 7 heteroatoms. The maximum Gasteiger partial charge on any atom is 0.251 e. The van der Waals surface area contributed by atoms with Crippen molar-refractivity contribution < 1.29 is 9.59 Å². The second-order valence-electron chi connectivity index (χ2n) is 5.69. The van der Waals surface area contributed by atoms with Crippen molar-refractivity contribution in [2.24, 2.45) is 0 Å². The van der Waals surface area contributed by atoms with Gasteiger partial charge in [0.15, 0.2) is 0 Å². The minimum atomic E-state index is -0.142. The van der Waals surface area contributed by atoms with E-state index in [4.69, 9.17) is 0 Å². The topological polar surface area (TPSA) is 80.1 Å². The van der Waals surface area contributed by atoms with Crippen LogP contribution in [0, 0.1) is 0 Å². The van der Waals surface area contributed by atoms with E-state index in [-0.39, 0.29) is 17.9 Å². The molecule has 120 valence electrons. The third-order valence-corrected chi connectivity index (χ3v) is 3.82. The van der Waals surface area contributed by atoms with Crippen molar-refractivity contribution in [2.75, 3.05) is 11.4 Å². The third kappa shape index (κ3) is 3.56. The van der Waals surface area contributed by atoms with Crippen LogP contribution in [-0.2, 0) is 11.3 Å². The highest BCUT2D eigenvalue weighted by Gasteiger charge is 2.21. The van der Waals surface area contributed by atoms with Crippen molar-refractivity contribution >= 4 is 17.5 Å². The summed E-state index contributed by atoms with van der Waals surface area (Å²) in [6, 6.07) is 7.07. The summed E-state index contributed by atoms with van der Waals surface area (Å²) in [4.78, 5) is 29.6. The minimum absolute atomic E-state index is 0.0657. The van der Waals surface area contributed by atoms with Crippen LogP contribution in [-0.4, -0.2) is 39.2 Å². The van der Waals surface area contributed by atoms with E-state index in [0.29, 0.717) is 18.5 Å². The largest absolute Gasteiger partial charge is 0.348 e. The molecule has 0 spiro atoms. The average molecular weight is 313 g/mol. The maximum absolute atomic E-state index is 12.2. The summed E-state index contributed by atoms with van der Waals surface area (Å²) in [5.74, 6) is 0.000527. The van der Waals surface area contributed by atoms with Crippen LogP contribution in [0.2, 0.25) is 0 Å². The zero-order valence-electron chi connectivity index (χ0n) is 13.0. The fourth-order valence-electron chi connectivity index (χ4n) is 2.67. The number of hydrogen-bond donors (Lipinski definition) is 1. The normalized spacial score (nSPS) is 15.7. The molecule has 1 N–H and O–H groups in total. The Kier molecular flexibility index (Phi) is 4.36. The molecule has 1 aliphatic rings. The lowest BCUT2D eigenvalue weighted by Crippen LogP contribution is -2.35. The number of amides is 2. The van der Waals surface area contributed by atoms with E-state index < -0.39 is 0 Å². The molecule has 0 aliphatic carbocycles. The predicted octanol–water partition coefficient (Wildman–Crippen LogP) is 1.22. The van der Waals surface area contributed by atoms with Crippen molar-refractivity contribution in [1.82, 2.24) is 20.1 Å². The molecule has 0 radical (unpaired) electrons. The average Bonchev–Trinajstić information content (AvgIpc) is 3.19. The van der Waals surface area contributed by atoms with Crippen LogP contribution in [0.5, 0.6) is 0 Å². The first kappa shape index (κ1) is 15.2. The maximum atomic E-state index is 12.2. The molecule has 0 bridgehead atoms. The number of nitrogens with zero attached hydrogens (tertiary/aromatic N) is 4. The molecule has 1 aromatic heterocycles. The third-order valence-electron chi connectivity index (χ3n) is 3.82. The molecule has 3 rings (SSSR count). The van der Waals surface area contributed by atoms with Gasteiger partial charge in [-0.15, -0.1) is 0 Å². The molecule has 1 aromatic carbocycles. The number of anilines is 1. The van der Waals surface area contributed by atoms with Crippen molar-refractivity contribution in [3.05, 3.63) is 42.5 Å². The Labute approximate surface area is 134 Å². The molecule has 2 amide bonds. The molecule has 2 aromatic rings. The zero-order chi connectivity index (χ0) is 16.2. The van der Waals surface area contributed by atoms with Crippen molar-refractivity contribution in [1.29, 1.82) is 0 Å². The highest BCUT2D eigenvalue weighted by Crippen LogP contribution is 2.21. The molecule has 1 aliphatic heterocycles. The first-order valence-corrected chi connectivity index (χ1v) is 7.67. The highest BCUT2D eigenvalue weighted by molar-refractivity contribution is 5.97. The van der Waals surface area contributed by atoms with Crippen LogP contribution in [0.4, 0.5) is 5.69 Å². The number of rotatable bonds is 5. The summed E-state index contributed by atoms with van der Waals surface area (Å²) in [6.45, 7) is 3.22. The summed E-state index contributed by atoms with van der Waals surface area (Å²) < 4.78 is 1.67. The number of hydrogen-bond acceptors (Lipinski definition) is 4. The molecule has 2 heterocycles. The predicted molar refractivity (Wildman–Crippen MR) is 85.0 cm³/mol. The quantitative estimate of drug-likeness (QED) is 0.900. The fourth-order valence-corrected chi connectivity index (χ4v) is 2.67. The Balaban J connectivity index is 1.60. The Morgan fingerprint density at radius 3 is 2.74 bits per heavy atom. The van der Waals surface area contributed by atoms with Crippen molar-refractivity contribution in [3.63, 3.8) is 0 Å². The number of benzene rings is 1. The van der Waals surface area contributed by atoms with Gasteiger partial charge < -0.3 is 10.2 Å². The molecule has 23 heavy (non-hydrogen) atoms. The zero-order valence-corrected chi connectivity index (χ0v) is 13.0. The van der Waals surface area contributed by atoms with Crippen molar-refractivity contribution in [2.45, 2.75) is 32.4 Å². The van der Waals surface area contributed by atoms with E-state index in [1.165, 1.54) is 6.33 Å². The van der Waals surface area contributed by atoms with Crippen LogP contribution in [0.25, 0.3) is 0 Å². The van der Waals surface area contributed by atoms with Gasteiger partial charge in [-0.1, -0.05) is 0 Å². The second-order valence-corrected chi connectivity index (χ2v) is 5.69. The van der Waals surface area contributed by atoms with E-state index >= 15 is 0 Å². The highest BCUT2D eigenvalue weighted by atomic mass is 16.2. The first-order chi connectivity index (χ1) is 11.1. The van der Waals surface area contributed by atoms with Crippen LogP contribution in [0.3, 0.4) is 0 Å². The Morgan fingerprint density at radius 2 is 2.13 bits per heavy atom. The monoisotopic (exact) mass is 313 g/mol. The SMILES string of the molecule is C[C@H](Cn1cncn1)NC(=O)c1ccc(N2CCCC2=O)cc1. The van der Waals surface area contributed by atoms with E-state index in [2.05, 4.69) is 15.4 Å². The van der Waals surface area contributed by atoms with Gasteiger partial charge in [-0.2, -0.15) is 5.10 Å². The van der Waals surface area contributed by atoms with Gasteiger partial charge in [0.1, 0.15) is 12.7 Å². The lowest BCUT2D eigenvalue weighted by atomic mass is 10.1. The summed E-state index contributed by atoms with van der Waals surface area (Å²) in [6.07, 6.45) is 4.57. The summed E-state index contributed by atoms with van der Waals surface area (Å²) >= 11 is 0. The number of nitrogens with one attached hydrogen (secondary N) is 1. The van der Waals surface area contributed by atoms with Gasteiger partial charge in [0.05, 0.1) is 6.54 Å². The lowest BCUT2D eigenvalue weighted by Gasteiger charge is -2.17. The smallest absolute Gasteiger partial charge is 0.251 e. The van der Waals surface area contributed by atoms with Gasteiger partial charge in [-0.05, 0) is 37.6 Å².